The SMILES string of the molecule is C=C/N=C(/Cl)N(C)N(C)/C(CC)=C(\NCC)N(C)c1nc(-c2ccc(F)cc2)c(C#N)s1. The number of halogens is 2. The van der Waals surface area contributed by atoms with Gasteiger partial charge in [0.05, 0.1) is 5.70 Å². The Morgan fingerprint density at radius 1 is 1.28 bits per heavy atom. The molecule has 0 amide bonds. The zero-order chi connectivity index (χ0) is 23.8. The minimum absolute atomic E-state index is 0.270. The normalized spacial score (nSPS) is 12.0. The van der Waals surface area contributed by atoms with Gasteiger partial charge in [0.1, 0.15) is 28.3 Å². The van der Waals surface area contributed by atoms with Crippen LogP contribution in [0.25, 0.3) is 11.3 Å². The molecular formula is C22H27ClFN7S. The maximum atomic E-state index is 13.3. The van der Waals surface area contributed by atoms with E-state index < -0.39 is 0 Å². The number of nitrogens with one attached hydrogen (secondary N) is 1. The fourth-order valence-electron chi connectivity index (χ4n) is 3.02. The molecule has 0 unspecified atom stereocenters. The molecule has 0 fully saturated rings. The lowest BCUT2D eigenvalue weighted by Crippen LogP contribution is -2.42. The highest BCUT2D eigenvalue weighted by atomic mass is 35.5. The fourth-order valence-corrected chi connectivity index (χ4v) is 4.06. The lowest BCUT2D eigenvalue weighted by molar-refractivity contribution is 0.149. The van der Waals surface area contributed by atoms with Gasteiger partial charge in [0.2, 0.25) is 5.29 Å². The predicted molar refractivity (Wildman–Crippen MR) is 131 cm³/mol. The van der Waals surface area contributed by atoms with Crippen molar-refractivity contribution in [3.05, 3.63) is 59.3 Å². The van der Waals surface area contributed by atoms with E-state index in [1.165, 1.54) is 29.7 Å². The first-order chi connectivity index (χ1) is 15.3. The summed E-state index contributed by atoms with van der Waals surface area (Å²) in [7, 11) is 5.57. The number of aromatic nitrogens is 1. The minimum Gasteiger partial charge on any atom is -0.370 e. The van der Waals surface area contributed by atoms with Gasteiger partial charge in [-0.05, 0) is 49.2 Å². The number of rotatable bonds is 9. The van der Waals surface area contributed by atoms with E-state index in [0.717, 1.165) is 11.5 Å². The monoisotopic (exact) mass is 475 g/mol. The number of allylic oxidation sites excluding steroid dienone is 1. The van der Waals surface area contributed by atoms with Gasteiger partial charge in [-0.1, -0.05) is 24.8 Å². The first-order valence-corrected chi connectivity index (χ1v) is 11.2. The number of anilines is 1. The van der Waals surface area contributed by atoms with E-state index in [-0.39, 0.29) is 11.1 Å². The number of hydrogen-bond acceptors (Lipinski definition) is 7. The number of nitriles is 1. The second-order valence-corrected chi connectivity index (χ2v) is 7.97. The summed E-state index contributed by atoms with van der Waals surface area (Å²) in [6.45, 7) is 8.30. The third-order valence-electron chi connectivity index (χ3n) is 4.72. The summed E-state index contributed by atoms with van der Waals surface area (Å²) in [5, 5.41) is 17.5. The molecule has 0 aliphatic rings. The van der Waals surface area contributed by atoms with E-state index in [0.29, 0.717) is 34.2 Å². The molecule has 0 aliphatic carbocycles. The Morgan fingerprint density at radius 3 is 2.47 bits per heavy atom. The molecule has 2 rings (SSSR count). The fraction of sp³-hybridized carbons (Fsp3) is 0.318. The smallest absolute Gasteiger partial charge is 0.217 e. The van der Waals surface area contributed by atoms with Crippen LogP contribution in [0.1, 0.15) is 25.1 Å². The second kappa shape index (κ2) is 11.5. The van der Waals surface area contributed by atoms with Crippen LogP contribution in [-0.4, -0.2) is 48.0 Å². The molecule has 170 valence electrons. The molecule has 32 heavy (non-hydrogen) atoms. The van der Waals surface area contributed by atoms with Crippen LogP contribution in [0.3, 0.4) is 0 Å². The largest absolute Gasteiger partial charge is 0.370 e. The molecule has 1 heterocycles. The first kappa shape index (κ1) is 25.2. The topological polar surface area (TPSA) is 70.8 Å². The lowest BCUT2D eigenvalue weighted by Gasteiger charge is -2.35. The van der Waals surface area contributed by atoms with E-state index in [1.807, 2.05) is 37.9 Å². The van der Waals surface area contributed by atoms with Crippen LogP contribution >= 0.6 is 22.9 Å². The maximum absolute atomic E-state index is 13.3. The van der Waals surface area contributed by atoms with Crippen molar-refractivity contribution in [3.63, 3.8) is 0 Å². The Bertz CT molecular complexity index is 1040. The van der Waals surface area contributed by atoms with Gasteiger partial charge in [-0.15, -0.1) is 0 Å². The maximum Gasteiger partial charge on any atom is 0.217 e. The van der Waals surface area contributed by atoms with Gasteiger partial charge in [-0.2, -0.15) is 5.26 Å². The number of benzene rings is 1. The van der Waals surface area contributed by atoms with Gasteiger partial charge in [0.15, 0.2) is 5.13 Å². The van der Waals surface area contributed by atoms with Gasteiger partial charge in [-0.25, -0.2) is 14.4 Å². The summed E-state index contributed by atoms with van der Waals surface area (Å²) in [5.74, 6) is 0.479. The molecule has 10 heteroatoms. The number of hydrogen-bond donors (Lipinski definition) is 1. The molecule has 7 nitrogen and oxygen atoms in total. The van der Waals surface area contributed by atoms with Crippen molar-refractivity contribution >= 4 is 33.4 Å². The van der Waals surface area contributed by atoms with Crippen molar-refractivity contribution in [3.8, 4) is 17.3 Å². The molecule has 0 atom stereocenters. The zero-order valence-electron chi connectivity index (χ0n) is 18.9. The van der Waals surface area contributed by atoms with E-state index >= 15 is 0 Å². The summed E-state index contributed by atoms with van der Waals surface area (Å²) >= 11 is 7.53. The van der Waals surface area contributed by atoms with Crippen LogP contribution in [-0.2, 0) is 0 Å². The second-order valence-electron chi connectivity index (χ2n) is 6.66. The molecule has 0 bridgehead atoms. The highest BCUT2D eigenvalue weighted by molar-refractivity contribution is 7.16. The van der Waals surface area contributed by atoms with Gasteiger partial charge < -0.3 is 10.2 Å². The number of hydrazine groups is 1. The van der Waals surface area contributed by atoms with Gasteiger partial charge in [0, 0.05) is 39.5 Å². The molecule has 0 radical (unpaired) electrons. The first-order valence-electron chi connectivity index (χ1n) is 9.98. The zero-order valence-corrected chi connectivity index (χ0v) is 20.4. The Morgan fingerprint density at radius 2 is 1.94 bits per heavy atom. The summed E-state index contributed by atoms with van der Waals surface area (Å²) in [6.07, 6.45) is 2.07. The molecule has 0 saturated carbocycles. The third kappa shape index (κ3) is 5.58. The van der Waals surface area contributed by atoms with Crippen LogP contribution in [0, 0.1) is 17.1 Å². The summed E-state index contributed by atoms with van der Waals surface area (Å²) in [6, 6.07) is 8.17. The van der Waals surface area contributed by atoms with Crippen LogP contribution < -0.4 is 10.2 Å². The van der Waals surface area contributed by atoms with Crippen LogP contribution in [0.5, 0.6) is 0 Å². The van der Waals surface area contributed by atoms with E-state index in [2.05, 4.69) is 23.0 Å². The molecule has 1 aromatic heterocycles. The molecule has 2 aromatic rings. The quantitative estimate of drug-likeness (QED) is 0.239. The number of thiazole rings is 1. The predicted octanol–water partition coefficient (Wildman–Crippen LogP) is 4.96. The van der Waals surface area contributed by atoms with Crippen molar-refractivity contribution < 1.29 is 4.39 Å². The number of amidine groups is 1. The molecule has 0 spiro atoms. The van der Waals surface area contributed by atoms with Gasteiger partial charge in [0.25, 0.3) is 0 Å². The van der Waals surface area contributed by atoms with Crippen molar-refractivity contribution in [2.24, 2.45) is 4.99 Å². The van der Waals surface area contributed by atoms with Crippen molar-refractivity contribution in [2.75, 3.05) is 32.6 Å². The Labute approximate surface area is 197 Å². The molecule has 0 saturated heterocycles. The molecule has 1 N–H and O–H groups in total. The average Bonchev–Trinajstić information content (AvgIpc) is 3.23. The summed E-state index contributed by atoms with van der Waals surface area (Å²) in [4.78, 5) is 11.1. The molecular weight excluding hydrogens is 449 g/mol. The molecule has 0 aliphatic heterocycles. The number of nitrogens with zero attached hydrogens (tertiary/aromatic N) is 6. The highest BCUT2D eigenvalue weighted by Crippen LogP contribution is 2.34. The van der Waals surface area contributed by atoms with E-state index in [4.69, 9.17) is 16.6 Å². The summed E-state index contributed by atoms with van der Waals surface area (Å²) < 4.78 is 13.3. The third-order valence-corrected chi connectivity index (χ3v) is 6.09. The number of aliphatic imine (C=N–C) groups is 1. The van der Waals surface area contributed by atoms with Gasteiger partial charge >= 0.3 is 0 Å². The van der Waals surface area contributed by atoms with Crippen LogP contribution in [0.2, 0.25) is 0 Å². The van der Waals surface area contributed by atoms with Crippen LogP contribution in [0.15, 0.2) is 53.6 Å². The summed E-state index contributed by atoms with van der Waals surface area (Å²) in [5.41, 5.74) is 2.15. The van der Waals surface area contributed by atoms with Gasteiger partial charge in [-0.3, -0.25) is 10.0 Å². The molecule has 1 aromatic carbocycles. The van der Waals surface area contributed by atoms with E-state index in [9.17, 15) is 9.65 Å². The van der Waals surface area contributed by atoms with Crippen molar-refractivity contribution in [2.45, 2.75) is 20.3 Å². The Hall–Kier alpha value is -3.09. The van der Waals surface area contributed by atoms with Crippen LogP contribution in [0.4, 0.5) is 9.52 Å². The minimum atomic E-state index is -0.337. The van der Waals surface area contributed by atoms with E-state index in [1.54, 1.807) is 24.2 Å². The Balaban J connectivity index is 2.53. The Kier molecular flexibility index (Phi) is 9.05. The van der Waals surface area contributed by atoms with Crippen molar-refractivity contribution in [1.29, 1.82) is 5.26 Å². The standard InChI is InChI=1S/C22H27ClFN7S/c1-7-17(30(5)31(6)21(23)27-9-3)20(26-8-2)29(4)22-28-19(18(14-25)32-22)15-10-12-16(24)13-11-15/h9-13,26H,3,7-8H2,1-2,4-6H3/b20-17+,27-21-. The lowest BCUT2D eigenvalue weighted by atomic mass is 10.1. The van der Waals surface area contributed by atoms with Crippen molar-refractivity contribution in [1.82, 2.24) is 20.3 Å². The highest BCUT2D eigenvalue weighted by Gasteiger charge is 2.23. The average molecular weight is 476 g/mol.